The smallest absolute Gasteiger partial charge is 0.0947 e. The first kappa shape index (κ1) is 28.2. The zero-order chi connectivity index (χ0) is 25.2. The summed E-state index contributed by atoms with van der Waals surface area (Å²) in [6, 6.07) is 32.8. The Morgan fingerprint density at radius 1 is 0.417 bits per heavy atom. The minimum Gasteiger partial charge on any atom is -0.300 e. The van der Waals surface area contributed by atoms with Gasteiger partial charge in [0.15, 0.2) is 0 Å². The van der Waals surface area contributed by atoms with Crippen LogP contribution in [0.25, 0.3) is 0 Å². The van der Waals surface area contributed by atoms with Gasteiger partial charge in [0.25, 0.3) is 0 Å². The summed E-state index contributed by atoms with van der Waals surface area (Å²) in [5, 5.41) is 4.03. The van der Waals surface area contributed by atoms with E-state index in [1.54, 1.807) is 0 Å². The molecule has 0 saturated heterocycles. The van der Waals surface area contributed by atoms with Crippen LogP contribution in [0.2, 0.25) is 0 Å². The molecule has 0 saturated carbocycles. The van der Waals surface area contributed by atoms with Crippen molar-refractivity contribution in [3.63, 3.8) is 0 Å². The number of hydrogen-bond acceptors (Lipinski definition) is 1. The Hall–Kier alpha value is -2.38. The highest BCUT2D eigenvalue weighted by Gasteiger charge is 2.35. The second-order valence-electron chi connectivity index (χ2n) is 10.4. The van der Waals surface area contributed by atoms with Gasteiger partial charge in [-0.05, 0) is 29.7 Å². The number of nitrogens with one attached hydrogen (secondary N) is 1. The fraction of sp³-hybridized carbons (Fsp3) is 0.486. The molecule has 36 heavy (non-hydrogen) atoms. The maximum atomic E-state index is 4.03. The summed E-state index contributed by atoms with van der Waals surface area (Å²) >= 11 is 0. The first-order chi connectivity index (χ1) is 17.9. The second-order valence-corrected chi connectivity index (χ2v) is 10.4. The van der Waals surface area contributed by atoms with Gasteiger partial charge in [0.2, 0.25) is 0 Å². The van der Waals surface area contributed by atoms with Crippen LogP contribution in [0.15, 0.2) is 91.0 Å². The molecule has 0 bridgehead atoms. The lowest BCUT2D eigenvalue weighted by Gasteiger charge is -2.37. The van der Waals surface area contributed by atoms with E-state index in [1.807, 2.05) is 0 Å². The predicted octanol–water partition coefficient (Wildman–Crippen LogP) is 10.0. The van der Waals surface area contributed by atoms with Crippen LogP contribution in [0.4, 0.5) is 0 Å². The molecule has 0 unspecified atom stereocenters. The SMILES string of the molecule is CCCCCCCCCCCCCCCCNC(c1ccccc1)(c1ccccc1)c1ccccc1. The third-order valence-corrected chi connectivity index (χ3v) is 7.54. The molecule has 0 aliphatic heterocycles. The van der Waals surface area contributed by atoms with Crippen molar-refractivity contribution in [1.82, 2.24) is 5.32 Å². The maximum Gasteiger partial charge on any atom is 0.0947 e. The van der Waals surface area contributed by atoms with Crippen molar-refractivity contribution in [3.8, 4) is 0 Å². The summed E-state index contributed by atoms with van der Waals surface area (Å²) in [5.74, 6) is 0. The Labute approximate surface area is 221 Å². The molecule has 3 aromatic carbocycles. The molecule has 1 nitrogen and oxygen atoms in total. The molecule has 3 rings (SSSR count). The fourth-order valence-corrected chi connectivity index (χ4v) is 5.47. The van der Waals surface area contributed by atoms with Gasteiger partial charge in [-0.25, -0.2) is 0 Å². The quantitative estimate of drug-likeness (QED) is 0.132. The topological polar surface area (TPSA) is 12.0 Å². The molecule has 0 aromatic heterocycles. The van der Waals surface area contributed by atoms with E-state index in [2.05, 4.69) is 103 Å². The van der Waals surface area contributed by atoms with Crippen LogP contribution in [-0.4, -0.2) is 6.54 Å². The van der Waals surface area contributed by atoms with E-state index in [-0.39, 0.29) is 5.54 Å². The highest BCUT2D eigenvalue weighted by Crippen LogP contribution is 2.36. The van der Waals surface area contributed by atoms with Crippen molar-refractivity contribution in [2.24, 2.45) is 0 Å². The second kappa shape index (κ2) is 17.1. The van der Waals surface area contributed by atoms with Crippen molar-refractivity contribution >= 4 is 0 Å². The number of unbranched alkanes of at least 4 members (excludes halogenated alkanes) is 13. The molecule has 0 spiro atoms. The monoisotopic (exact) mass is 483 g/mol. The molecular weight excluding hydrogens is 434 g/mol. The van der Waals surface area contributed by atoms with Crippen LogP contribution in [0.1, 0.15) is 114 Å². The average molecular weight is 484 g/mol. The standard InChI is InChI=1S/C35H49N/c1-2-3-4-5-6-7-8-9-10-11-12-13-14-24-31-36-35(32-25-18-15-19-26-32,33-27-20-16-21-28-33)34-29-22-17-23-30-34/h15-23,25-30,36H,2-14,24,31H2,1H3. The molecule has 0 heterocycles. The van der Waals surface area contributed by atoms with E-state index in [0.717, 1.165) is 6.54 Å². The Bertz CT molecular complexity index is 806. The van der Waals surface area contributed by atoms with Gasteiger partial charge in [0.1, 0.15) is 0 Å². The average Bonchev–Trinajstić information content (AvgIpc) is 2.94. The van der Waals surface area contributed by atoms with E-state index in [1.165, 1.54) is 107 Å². The van der Waals surface area contributed by atoms with Gasteiger partial charge in [0, 0.05) is 0 Å². The lowest BCUT2D eigenvalue weighted by atomic mass is 9.77. The van der Waals surface area contributed by atoms with Crippen LogP contribution in [0.5, 0.6) is 0 Å². The van der Waals surface area contributed by atoms with Gasteiger partial charge in [-0.15, -0.1) is 0 Å². The molecular formula is C35H49N. The van der Waals surface area contributed by atoms with Gasteiger partial charge in [0.05, 0.1) is 5.54 Å². The van der Waals surface area contributed by atoms with Crippen LogP contribution in [0, 0.1) is 0 Å². The van der Waals surface area contributed by atoms with Crippen molar-refractivity contribution in [1.29, 1.82) is 0 Å². The lowest BCUT2D eigenvalue weighted by molar-refractivity contribution is 0.453. The predicted molar refractivity (Wildman–Crippen MR) is 158 cm³/mol. The van der Waals surface area contributed by atoms with Gasteiger partial charge in [-0.2, -0.15) is 0 Å². The Morgan fingerprint density at radius 2 is 0.722 bits per heavy atom. The van der Waals surface area contributed by atoms with Crippen LogP contribution < -0.4 is 5.32 Å². The summed E-state index contributed by atoms with van der Waals surface area (Å²) in [7, 11) is 0. The minimum absolute atomic E-state index is 0.333. The zero-order valence-electron chi connectivity index (χ0n) is 22.8. The molecule has 1 N–H and O–H groups in total. The third kappa shape index (κ3) is 8.93. The van der Waals surface area contributed by atoms with Crippen LogP contribution in [0.3, 0.4) is 0 Å². The first-order valence-corrected chi connectivity index (χ1v) is 14.8. The van der Waals surface area contributed by atoms with E-state index in [9.17, 15) is 0 Å². The molecule has 0 radical (unpaired) electrons. The molecule has 0 aliphatic carbocycles. The largest absolute Gasteiger partial charge is 0.300 e. The normalized spacial score (nSPS) is 11.6. The number of hydrogen-bond donors (Lipinski definition) is 1. The van der Waals surface area contributed by atoms with Crippen LogP contribution >= 0.6 is 0 Å². The summed E-state index contributed by atoms with van der Waals surface area (Å²) < 4.78 is 0. The number of benzene rings is 3. The van der Waals surface area contributed by atoms with Gasteiger partial charge in [-0.1, -0.05) is 181 Å². The van der Waals surface area contributed by atoms with E-state index < -0.39 is 0 Å². The van der Waals surface area contributed by atoms with Gasteiger partial charge < -0.3 is 0 Å². The lowest BCUT2D eigenvalue weighted by Crippen LogP contribution is -2.45. The minimum atomic E-state index is -0.333. The molecule has 0 amide bonds. The Kier molecular flexibility index (Phi) is 13.4. The first-order valence-electron chi connectivity index (χ1n) is 14.8. The van der Waals surface area contributed by atoms with E-state index in [0.29, 0.717) is 0 Å². The highest BCUT2D eigenvalue weighted by molar-refractivity contribution is 5.49. The summed E-state index contributed by atoms with van der Waals surface area (Å²) in [6.07, 6.45) is 19.5. The fourth-order valence-electron chi connectivity index (χ4n) is 5.47. The van der Waals surface area contributed by atoms with Crippen molar-refractivity contribution in [2.45, 2.75) is 102 Å². The zero-order valence-corrected chi connectivity index (χ0v) is 22.8. The molecule has 0 fully saturated rings. The van der Waals surface area contributed by atoms with Crippen LogP contribution in [-0.2, 0) is 5.54 Å². The number of rotatable bonds is 19. The molecule has 194 valence electrons. The van der Waals surface area contributed by atoms with Gasteiger partial charge in [-0.3, -0.25) is 5.32 Å². The van der Waals surface area contributed by atoms with Crippen molar-refractivity contribution in [3.05, 3.63) is 108 Å². The molecule has 0 atom stereocenters. The van der Waals surface area contributed by atoms with E-state index in [4.69, 9.17) is 0 Å². The molecule has 0 aliphatic rings. The van der Waals surface area contributed by atoms with Crippen molar-refractivity contribution in [2.75, 3.05) is 6.54 Å². The Morgan fingerprint density at radius 3 is 1.06 bits per heavy atom. The van der Waals surface area contributed by atoms with Gasteiger partial charge >= 0.3 is 0 Å². The highest BCUT2D eigenvalue weighted by atomic mass is 15.0. The maximum absolute atomic E-state index is 4.03. The molecule has 3 aromatic rings. The summed E-state index contributed by atoms with van der Waals surface area (Å²) in [6.45, 7) is 3.31. The van der Waals surface area contributed by atoms with E-state index >= 15 is 0 Å². The summed E-state index contributed by atoms with van der Waals surface area (Å²) in [4.78, 5) is 0. The third-order valence-electron chi connectivity index (χ3n) is 7.54. The van der Waals surface area contributed by atoms with Crippen molar-refractivity contribution < 1.29 is 0 Å². The summed E-state index contributed by atoms with van der Waals surface area (Å²) in [5.41, 5.74) is 3.56. The molecule has 1 heteroatoms. The Balaban J connectivity index is 1.45.